The van der Waals surface area contributed by atoms with E-state index in [2.05, 4.69) is 50.1 Å². The number of hydrogen-bond acceptors (Lipinski definition) is 2. The largest absolute Gasteiger partial charge is 0.341 e. The molecular weight excluding hydrogens is 260 g/mol. The molecule has 1 aliphatic heterocycles. The van der Waals surface area contributed by atoms with Gasteiger partial charge in [0.25, 0.3) is 0 Å². The molecule has 1 fully saturated rings. The van der Waals surface area contributed by atoms with Crippen molar-refractivity contribution in [2.24, 2.45) is 5.41 Å². The fraction of sp³-hybridized carbons (Fsp3) is 0.474. The Labute approximate surface area is 126 Å². The zero-order valence-corrected chi connectivity index (χ0v) is 12.6. The third-order valence-corrected chi connectivity index (χ3v) is 5.29. The first kappa shape index (κ1) is 13.1. The van der Waals surface area contributed by atoms with Gasteiger partial charge in [0, 0.05) is 6.42 Å². The van der Waals surface area contributed by atoms with Crippen molar-refractivity contribution in [3.63, 3.8) is 0 Å². The summed E-state index contributed by atoms with van der Waals surface area (Å²) in [4.78, 5) is 0. The van der Waals surface area contributed by atoms with Crippen LogP contribution in [0.15, 0.2) is 30.3 Å². The van der Waals surface area contributed by atoms with E-state index in [1.165, 1.54) is 16.7 Å². The van der Waals surface area contributed by atoms with E-state index in [9.17, 15) is 0 Å². The van der Waals surface area contributed by atoms with Gasteiger partial charge in [-0.1, -0.05) is 30.2 Å². The Balaban J connectivity index is 1.84. The van der Waals surface area contributed by atoms with Gasteiger partial charge in [-0.2, -0.15) is 0 Å². The molecule has 3 atom stereocenters. The fourth-order valence-corrected chi connectivity index (χ4v) is 3.97. The number of benzene rings is 1. The highest BCUT2D eigenvalue weighted by atomic mass is 16.8. The van der Waals surface area contributed by atoms with Crippen LogP contribution < -0.4 is 0 Å². The van der Waals surface area contributed by atoms with Gasteiger partial charge in [-0.05, 0) is 49.5 Å². The number of fused-ring (bicyclic) bond motifs is 3. The molecule has 0 saturated carbocycles. The topological polar surface area (TPSA) is 18.5 Å². The zero-order valence-electron chi connectivity index (χ0n) is 12.6. The van der Waals surface area contributed by atoms with E-state index in [-0.39, 0.29) is 17.6 Å². The lowest BCUT2D eigenvalue weighted by atomic mass is 9.72. The van der Waals surface area contributed by atoms with Crippen LogP contribution >= 0.6 is 0 Å². The molecule has 1 heterocycles. The fourth-order valence-electron chi connectivity index (χ4n) is 3.97. The number of rotatable bonds is 0. The van der Waals surface area contributed by atoms with Gasteiger partial charge in [0.05, 0.1) is 17.6 Å². The molecule has 1 saturated heterocycles. The summed E-state index contributed by atoms with van der Waals surface area (Å²) in [5, 5.41) is 0. The first-order valence-corrected chi connectivity index (χ1v) is 7.73. The van der Waals surface area contributed by atoms with Crippen molar-refractivity contribution < 1.29 is 9.47 Å². The Kier molecular flexibility index (Phi) is 2.64. The summed E-state index contributed by atoms with van der Waals surface area (Å²) in [6, 6.07) is 8.52. The SMILES string of the molecule is C#CC12CCC3(C=C1c1ccccc1C2)OC(C)C(C)O3. The molecule has 21 heavy (non-hydrogen) atoms. The molecule has 1 aromatic carbocycles. The quantitative estimate of drug-likeness (QED) is 0.677. The highest BCUT2D eigenvalue weighted by molar-refractivity contribution is 5.81. The van der Waals surface area contributed by atoms with Gasteiger partial charge in [0.2, 0.25) is 0 Å². The van der Waals surface area contributed by atoms with Crippen LogP contribution in [-0.4, -0.2) is 18.0 Å². The molecule has 2 aliphatic carbocycles. The Bertz CT molecular complexity index is 656. The van der Waals surface area contributed by atoms with E-state index in [0.717, 1.165) is 19.3 Å². The van der Waals surface area contributed by atoms with Crippen molar-refractivity contribution >= 4 is 5.57 Å². The van der Waals surface area contributed by atoms with Gasteiger partial charge in [-0.25, -0.2) is 0 Å². The maximum absolute atomic E-state index is 6.15. The van der Waals surface area contributed by atoms with E-state index < -0.39 is 5.79 Å². The lowest BCUT2D eigenvalue weighted by molar-refractivity contribution is -0.144. The molecule has 3 aliphatic rings. The molecule has 1 spiro atoms. The minimum absolute atomic E-state index is 0.122. The molecule has 2 nitrogen and oxygen atoms in total. The Morgan fingerprint density at radius 2 is 1.86 bits per heavy atom. The molecule has 1 aromatic rings. The summed E-state index contributed by atoms with van der Waals surface area (Å²) in [6.45, 7) is 4.15. The summed E-state index contributed by atoms with van der Waals surface area (Å²) in [6.07, 6.45) is 11.0. The van der Waals surface area contributed by atoms with Crippen LogP contribution in [-0.2, 0) is 15.9 Å². The normalized spacial score (nSPS) is 40.5. The molecular formula is C19H20O2. The second kappa shape index (κ2) is 4.22. The maximum atomic E-state index is 6.15. The zero-order chi connectivity index (χ0) is 14.7. The summed E-state index contributed by atoms with van der Waals surface area (Å²) < 4.78 is 12.3. The molecule has 0 aromatic heterocycles. The van der Waals surface area contributed by atoms with Gasteiger partial charge in [-0.15, -0.1) is 6.42 Å². The van der Waals surface area contributed by atoms with Crippen LogP contribution in [0.25, 0.3) is 5.57 Å². The average molecular weight is 280 g/mol. The molecule has 108 valence electrons. The first-order chi connectivity index (χ1) is 10.1. The molecule has 3 unspecified atom stereocenters. The van der Waals surface area contributed by atoms with E-state index >= 15 is 0 Å². The molecule has 2 heteroatoms. The number of hydrogen-bond donors (Lipinski definition) is 0. The first-order valence-electron chi connectivity index (χ1n) is 7.73. The van der Waals surface area contributed by atoms with E-state index in [1.54, 1.807) is 0 Å². The van der Waals surface area contributed by atoms with Crippen LogP contribution in [0.4, 0.5) is 0 Å². The van der Waals surface area contributed by atoms with Crippen molar-refractivity contribution in [3.05, 3.63) is 41.5 Å². The van der Waals surface area contributed by atoms with Gasteiger partial charge in [-0.3, -0.25) is 0 Å². The number of allylic oxidation sites excluding steroid dienone is 1. The van der Waals surface area contributed by atoms with E-state index in [4.69, 9.17) is 15.9 Å². The lowest BCUT2D eigenvalue weighted by Gasteiger charge is -2.37. The summed E-state index contributed by atoms with van der Waals surface area (Å²) >= 11 is 0. The number of terminal acetylenes is 1. The van der Waals surface area contributed by atoms with Crippen LogP contribution in [0.5, 0.6) is 0 Å². The van der Waals surface area contributed by atoms with Crippen LogP contribution in [0.1, 0.15) is 37.8 Å². The smallest absolute Gasteiger partial charge is 0.189 e. The molecule has 0 bridgehead atoms. The number of ether oxygens (including phenoxy) is 2. The Hall–Kier alpha value is -1.56. The predicted octanol–water partition coefficient (Wildman–Crippen LogP) is 3.56. The molecule has 0 radical (unpaired) electrons. The standard InChI is InChI=1S/C19H20O2/c1-4-18-9-10-19(20-13(2)14(3)21-19)12-17(18)16-8-6-5-7-15(16)11-18/h1,5-8,12-14H,9-11H2,2-3H3. The van der Waals surface area contributed by atoms with E-state index in [0.29, 0.717) is 0 Å². The average Bonchev–Trinajstić information content (AvgIpc) is 2.95. The van der Waals surface area contributed by atoms with Gasteiger partial charge < -0.3 is 9.47 Å². The van der Waals surface area contributed by atoms with Crippen LogP contribution in [0.2, 0.25) is 0 Å². The molecule has 4 rings (SSSR count). The summed E-state index contributed by atoms with van der Waals surface area (Å²) in [5.74, 6) is 2.50. The Morgan fingerprint density at radius 1 is 1.14 bits per heavy atom. The van der Waals surface area contributed by atoms with Gasteiger partial charge in [0.15, 0.2) is 5.79 Å². The van der Waals surface area contributed by atoms with Crippen molar-refractivity contribution in [2.75, 3.05) is 0 Å². The second-order valence-electron chi connectivity index (χ2n) is 6.58. The molecule has 0 N–H and O–H groups in total. The minimum atomic E-state index is -0.577. The third kappa shape index (κ3) is 1.75. The van der Waals surface area contributed by atoms with Crippen molar-refractivity contribution in [1.29, 1.82) is 0 Å². The summed E-state index contributed by atoms with van der Waals surface area (Å²) in [7, 11) is 0. The van der Waals surface area contributed by atoms with Crippen molar-refractivity contribution in [1.82, 2.24) is 0 Å². The maximum Gasteiger partial charge on any atom is 0.189 e. The van der Waals surface area contributed by atoms with E-state index in [1.807, 2.05) is 0 Å². The highest BCUT2D eigenvalue weighted by Gasteiger charge is 2.52. The monoisotopic (exact) mass is 280 g/mol. The summed E-state index contributed by atoms with van der Waals surface area (Å²) in [5.41, 5.74) is 3.68. The minimum Gasteiger partial charge on any atom is -0.341 e. The van der Waals surface area contributed by atoms with Gasteiger partial charge in [0.1, 0.15) is 0 Å². The molecule has 0 amide bonds. The van der Waals surface area contributed by atoms with Crippen LogP contribution in [0, 0.1) is 17.8 Å². The lowest BCUT2D eigenvalue weighted by Crippen LogP contribution is -2.37. The van der Waals surface area contributed by atoms with Crippen molar-refractivity contribution in [3.8, 4) is 12.3 Å². The Morgan fingerprint density at radius 3 is 2.57 bits per heavy atom. The van der Waals surface area contributed by atoms with Crippen molar-refractivity contribution in [2.45, 2.75) is 51.1 Å². The third-order valence-electron chi connectivity index (χ3n) is 5.29. The van der Waals surface area contributed by atoms with Gasteiger partial charge >= 0.3 is 0 Å². The predicted molar refractivity (Wildman–Crippen MR) is 82.4 cm³/mol. The van der Waals surface area contributed by atoms with Crippen LogP contribution in [0.3, 0.4) is 0 Å². The highest BCUT2D eigenvalue weighted by Crippen LogP contribution is 2.55. The second-order valence-corrected chi connectivity index (χ2v) is 6.58.